The molecule has 16 heavy (non-hydrogen) atoms. The molecule has 0 spiro atoms. The first kappa shape index (κ1) is 13.8. The van der Waals surface area contributed by atoms with Gasteiger partial charge >= 0.3 is 5.97 Å². The summed E-state index contributed by atoms with van der Waals surface area (Å²) in [5.41, 5.74) is 0. The first-order chi connectivity index (χ1) is 7.34. The van der Waals surface area contributed by atoms with Gasteiger partial charge in [0.1, 0.15) is 6.04 Å². The van der Waals surface area contributed by atoms with Crippen LogP contribution >= 0.6 is 11.8 Å². The predicted octanol–water partition coefficient (Wildman–Crippen LogP) is -0.0637. The van der Waals surface area contributed by atoms with Crippen molar-refractivity contribution in [1.29, 1.82) is 0 Å². The van der Waals surface area contributed by atoms with E-state index < -0.39 is 22.2 Å². The SMILES string of the molecule is CC(C)CNS(=O)(=O)N1CSC[C@H]1C(=O)O. The monoisotopic (exact) mass is 268 g/mol. The standard InChI is InChI=1S/C8H16N2O4S2/c1-6(2)3-9-16(13,14)10-5-15-4-7(10)8(11)12/h6-7,9H,3-5H2,1-2H3,(H,11,12)/t7-/m0/s1. The topological polar surface area (TPSA) is 86.7 Å². The Balaban J connectivity index is 2.71. The Morgan fingerprint density at radius 3 is 2.75 bits per heavy atom. The van der Waals surface area contributed by atoms with Gasteiger partial charge in [0.25, 0.3) is 10.2 Å². The molecule has 0 aliphatic carbocycles. The van der Waals surface area contributed by atoms with E-state index in [1.165, 1.54) is 11.8 Å². The number of aliphatic carboxylic acids is 1. The summed E-state index contributed by atoms with van der Waals surface area (Å²) in [6, 6.07) is -0.949. The maximum atomic E-state index is 11.8. The summed E-state index contributed by atoms with van der Waals surface area (Å²) >= 11 is 1.31. The Kier molecular flexibility index (Phi) is 4.60. The first-order valence-electron chi connectivity index (χ1n) is 4.91. The lowest BCUT2D eigenvalue weighted by Gasteiger charge is -2.20. The van der Waals surface area contributed by atoms with Crippen LogP contribution in [0.25, 0.3) is 0 Å². The van der Waals surface area contributed by atoms with Crippen LogP contribution in [0.4, 0.5) is 0 Å². The van der Waals surface area contributed by atoms with E-state index in [1.807, 2.05) is 13.8 Å². The van der Waals surface area contributed by atoms with Crippen LogP contribution in [0.15, 0.2) is 0 Å². The molecule has 0 radical (unpaired) electrons. The van der Waals surface area contributed by atoms with Crippen LogP contribution < -0.4 is 4.72 Å². The summed E-state index contributed by atoms with van der Waals surface area (Å²) in [5, 5.41) is 8.88. The van der Waals surface area contributed by atoms with Crippen LogP contribution in [0.5, 0.6) is 0 Å². The second-order valence-corrected chi connectivity index (χ2v) is 6.70. The summed E-state index contributed by atoms with van der Waals surface area (Å²) < 4.78 is 27.0. The van der Waals surface area contributed by atoms with Crippen LogP contribution in [0.2, 0.25) is 0 Å². The number of hydrogen-bond donors (Lipinski definition) is 2. The van der Waals surface area contributed by atoms with E-state index in [2.05, 4.69) is 4.72 Å². The number of thioether (sulfide) groups is 1. The van der Waals surface area contributed by atoms with Crippen LogP contribution in [-0.4, -0.2) is 48.0 Å². The second kappa shape index (κ2) is 5.35. The van der Waals surface area contributed by atoms with E-state index in [0.29, 0.717) is 12.3 Å². The third kappa shape index (κ3) is 3.34. The molecule has 2 N–H and O–H groups in total. The minimum absolute atomic E-state index is 0.188. The molecule has 1 aliphatic rings. The molecule has 1 atom stereocenters. The molecule has 0 aromatic rings. The number of carbonyl (C=O) groups is 1. The summed E-state index contributed by atoms with van der Waals surface area (Å²) in [5.74, 6) is -0.407. The summed E-state index contributed by atoms with van der Waals surface area (Å²) in [6.45, 7) is 4.09. The van der Waals surface area contributed by atoms with Gasteiger partial charge in [0.15, 0.2) is 0 Å². The third-order valence-electron chi connectivity index (χ3n) is 2.11. The Hall–Kier alpha value is -0.310. The lowest BCUT2D eigenvalue weighted by atomic mass is 10.2. The van der Waals surface area contributed by atoms with Gasteiger partial charge in [-0.05, 0) is 5.92 Å². The quantitative estimate of drug-likeness (QED) is 0.729. The zero-order valence-electron chi connectivity index (χ0n) is 9.21. The van der Waals surface area contributed by atoms with Gasteiger partial charge < -0.3 is 5.11 Å². The first-order valence-corrected chi connectivity index (χ1v) is 7.51. The molecule has 1 rings (SSSR count). The molecule has 1 saturated heterocycles. The van der Waals surface area contributed by atoms with Crippen molar-refractivity contribution in [3.05, 3.63) is 0 Å². The van der Waals surface area contributed by atoms with E-state index >= 15 is 0 Å². The van der Waals surface area contributed by atoms with Crippen molar-refractivity contribution in [3.63, 3.8) is 0 Å². The van der Waals surface area contributed by atoms with Crippen LogP contribution in [-0.2, 0) is 15.0 Å². The molecule has 0 aromatic heterocycles. The van der Waals surface area contributed by atoms with Gasteiger partial charge in [-0.2, -0.15) is 12.7 Å². The van der Waals surface area contributed by atoms with E-state index in [9.17, 15) is 13.2 Å². The van der Waals surface area contributed by atoms with Crippen LogP contribution in [0, 0.1) is 5.92 Å². The highest BCUT2D eigenvalue weighted by molar-refractivity contribution is 8.00. The second-order valence-electron chi connectivity index (χ2n) is 3.99. The number of rotatable bonds is 5. The normalized spacial score (nSPS) is 22.8. The molecule has 1 aliphatic heterocycles. The Morgan fingerprint density at radius 1 is 1.62 bits per heavy atom. The number of hydrogen-bond acceptors (Lipinski definition) is 4. The van der Waals surface area contributed by atoms with Crippen molar-refractivity contribution in [3.8, 4) is 0 Å². The van der Waals surface area contributed by atoms with Gasteiger partial charge in [-0.3, -0.25) is 4.79 Å². The number of carboxylic acid groups (broad SMARTS) is 1. The van der Waals surface area contributed by atoms with Crippen molar-refractivity contribution in [1.82, 2.24) is 9.03 Å². The van der Waals surface area contributed by atoms with E-state index in [-0.39, 0.29) is 11.8 Å². The Bertz CT molecular complexity index is 355. The largest absolute Gasteiger partial charge is 0.480 e. The maximum absolute atomic E-state index is 11.8. The highest BCUT2D eigenvalue weighted by Crippen LogP contribution is 2.23. The fourth-order valence-electron chi connectivity index (χ4n) is 1.21. The van der Waals surface area contributed by atoms with Crippen LogP contribution in [0.3, 0.4) is 0 Å². The smallest absolute Gasteiger partial charge is 0.322 e. The van der Waals surface area contributed by atoms with Gasteiger partial charge in [-0.1, -0.05) is 13.8 Å². The summed E-state index contributed by atoms with van der Waals surface area (Å²) in [7, 11) is -3.67. The van der Waals surface area contributed by atoms with Crippen molar-refractivity contribution in [2.24, 2.45) is 5.92 Å². The molecule has 1 fully saturated rings. The average Bonchev–Trinajstić information content (AvgIpc) is 2.63. The molecule has 0 saturated carbocycles. The number of nitrogens with zero attached hydrogens (tertiary/aromatic N) is 1. The zero-order valence-corrected chi connectivity index (χ0v) is 10.8. The third-order valence-corrected chi connectivity index (χ3v) is 4.82. The van der Waals surface area contributed by atoms with Crippen molar-refractivity contribution < 1.29 is 18.3 Å². The molecule has 6 nitrogen and oxygen atoms in total. The van der Waals surface area contributed by atoms with Gasteiger partial charge in [0.2, 0.25) is 0 Å². The number of nitrogens with one attached hydrogen (secondary N) is 1. The lowest BCUT2D eigenvalue weighted by molar-refractivity contribution is -0.140. The van der Waals surface area contributed by atoms with Crippen LogP contribution in [0.1, 0.15) is 13.8 Å². The minimum atomic E-state index is -3.67. The molecule has 0 unspecified atom stereocenters. The predicted molar refractivity (Wildman–Crippen MR) is 62.3 cm³/mol. The molecular formula is C8H16N2O4S2. The van der Waals surface area contributed by atoms with Crippen molar-refractivity contribution in [2.75, 3.05) is 18.2 Å². The Morgan fingerprint density at radius 2 is 2.25 bits per heavy atom. The van der Waals surface area contributed by atoms with Crippen molar-refractivity contribution in [2.45, 2.75) is 19.9 Å². The highest BCUT2D eigenvalue weighted by Gasteiger charge is 2.39. The van der Waals surface area contributed by atoms with Gasteiger partial charge in [0.05, 0.1) is 5.88 Å². The van der Waals surface area contributed by atoms with E-state index in [0.717, 1.165) is 4.31 Å². The van der Waals surface area contributed by atoms with Crippen molar-refractivity contribution >= 4 is 27.9 Å². The average molecular weight is 268 g/mol. The summed E-state index contributed by atoms with van der Waals surface area (Å²) in [4.78, 5) is 10.8. The fourth-order valence-corrected chi connectivity index (χ4v) is 4.31. The highest BCUT2D eigenvalue weighted by atomic mass is 32.2. The zero-order chi connectivity index (χ0) is 12.3. The molecule has 1 heterocycles. The van der Waals surface area contributed by atoms with Gasteiger partial charge in [-0.25, -0.2) is 4.72 Å². The van der Waals surface area contributed by atoms with E-state index in [4.69, 9.17) is 5.11 Å². The molecule has 0 bridgehead atoms. The lowest BCUT2D eigenvalue weighted by Crippen LogP contribution is -2.48. The molecular weight excluding hydrogens is 252 g/mol. The Labute approximate surface area is 99.6 Å². The maximum Gasteiger partial charge on any atom is 0.322 e. The van der Waals surface area contributed by atoms with Gasteiger partial charge in [0, 0.05) is 12.3 Å². The number of carboxylic acids is 1. The summed E-state index contributed by atoms with van der Waals surface area (Å²) in [6.07, 6.45) is 0. The van der Waals surface area contributed by atoms with E-state index in [1.54, 1.807) is 0 Å². The molecule has 8 heteroatoms. The molecule has 0 amide bonds. The minimum Gasteiger partial charge on any atom is -0.480 e. The molecule has 0 aromatic carbocycles. The fraction of sp³-hybridized carbons (Fsp3) is 0.875. The van der Waals surface area contributed by atoms with Gasteiger partial charge in [-0.15, -0.1) is 11.8 Å². The molecule has 94 valence electrons.